The van der Waals surface area contributed by atoms with E-state index in [-0.39, 0.29) is 17.3 Å². The number of hydrogen-bond donors (Lipinski definition) is 2. The first-order valence-corrected chi connectivity index (χ1v) is 11.6. The number of nitrogens with zero attached hydrogens (tertiary/aromatic N) is 3. The number of hydrogen-bond acceptors (Lipinski definition) is 7. The molecule has 1 aliphatic heterocycles. The first-order valence-electron chi connectivity index (χ1n) is 11.6. The number of anilines is 2. The number of H-pyrrole nitrogens is 1. The predicted octanol–water partition coefficient (Wildman–Crippen LogP) is 4.27. The Morgan fingerprint density at radius 3 is 2.35 bits per heavy atom. The quantitative estimate of drug-likeness (QED) is 0.232. The lowest BCUT2D eigenvalue weighted by molar-refractivity contribution is -0.132. The van der Waals surface area contributed by atoms with E-state index in [4.69, 9.17) is 9.47 Å². The third kappa shape index (κ3) is 4.14. The number of carbonyl (C=O) groups excluding carboxylic acids is 2. The number of aromatic nitrogens is 2. The summed E-state index contributed by atoms with van der Waals surface area (Å²) in [6.45, 7) is 0. The number of fused-ring (bicyclic) bond motifs is 1. The number of aliphatic hydroxyl groups is 1. The average molecular weight is 499 g/mol. The Hall–Kier alpha value is -4.79. The largest absolute Gasteiger partial charge is 0.507 e. The minimum Gasteiger partial charge on any atom is -0.507 e. The van der Waals surface area contributed by atoms with Crippen molar-refractivity contribution in [1.29, 1.82) is 0 Å². The van der Waals surface area contributed by atoms with Crippen LogP contribution in [0.4, 0.5) is 11.6 Å². The molecule has 5 rings (SSSR count). The van der Waals surface area contributed by atoms with E-state index in [9.17, 15) is 14.7 Å². The van der Waals surface area contributed by atoms with Crippen LogP contribution < -0.4 is 19.3 Å². The van der Waals surface area contributed by atoms with Crippen molar-refractivity contribution in [1.82, 2.24) is 9.97 Å². The van der Waals surface area contributed by atoms with E-state index in [1.165, 1.54) is 12.0 Å². The fourth-order valence-corrected chi connectivity index (χ4v) is 4.46. The topological polar surface area (TPSA) is 108 Å². The molecule has 9 heteroatoms. The molecule has 3 aromatic carbocycles. The standard InChI is InChI=1S/C28H26N4O5/c1-31(2)18-10-8-16(9-11-18)24-23(25(33)17-6-5-7-19(14-17)36-3)26(34)27(35)32(24)28-29-21-13-12-20(37-4)15-22(21)30-28/h5-15,24,33H,1-4H3,(H,29,30)/b25-23+. The number of methoxy groups -OCH3 is 2. The van der Waals surface area contributed by atoms with Crippen LogP contribution in [0.15, 0.2) is 72.3 Å². The lowest BCUT2D eigenvalue weighted by atomic mass is 9.95. The molecule has 188 valence electrons. The summed E-state index contributed by atoms with van der Waals surface area (Å²) < 4.78 is 10.6. The van der Waals surface area contributed by atoms with Crippen LogP contribution in [0, 0.1) is 0 Å². The van der Waals surface area contributed by atoms with Crippen LogP contribution in [0.3, 0.4) is 0 Å². The molecule has 37 heavy (non-hydrogen) atoms. The van der Waals surface area contributed by atoms with E-state index in [1.807, 2.05) is 43.3 Å². The summed E-state index contributed by atoms with van der Waals surface area (Å²) in [6.07, 6.45) is 0. The lowest BCUT2D eigenvalue weighted by Gasteiger charge is -2.24. The molecule has 1 amide bonds. The fourth-order valence-electron chi connectivity index (χ4n) is 4.46. The highest BCUT2D eigenvalue weighted by Crippen LogP contribution is 2.42. The molecule has 1 saturated heterocycles. The number of amides is 1. The van der Waals surface area contributed by atoms with Gasteiger partial charge in [-0.15, -0.1) is 0 Å². The maximum absolute atomic E-state index is 13.4. The smallest absolute Gasteiger partial charge is 0.302 e. The van der Waals surface area contributed by atoms with Crippen LogP contribution in [0.5, 0.6) is 11.5 Å². The van der Waals surface area contributed by atoms with Crippen LogP contribution in [-0.4, -0.2) is 55.1 Å². The van der Waals surface area contributed by atoms with Crippen LogP contribution >= 0.6 is 0 Å². The first kappa shape index (κ1) is 23.9. The number of carbonyl (C=O) groups is 2. The molecule has 1 unspecified atom stereocenters. The van der Waals surface area contributed by atoms with Gasteiger partial charge in [-0.05, 0) is 42.0 Å². The van der Waals surface area contributed by atoms with Crippen molar-refractivity contribution in [3.05, 3.63) is 83.4 Å². The molecule has 4 aromatic rings. The van der Waals surface area contributed by atoms with Gasteiger partial charge in [0.1, 0.15) is 17.3 Å². The normalized spacial score (nSPS) is 16.9. The number of nitrogens with one attached hydrogen (secondary N) is 1. The minimum atomic E-state index is -0.912. The van der Waals surface area contributed by atoms with E-state index in [0.29, 0.717) is 33.7 Å². The van der Waals surface area contributed by atoms with Gasteiger partial charge in [0.05, 0.1) is 36.9 Å². The highest BCUT2D eigenvalue weighted by Gasteiger charge is 2.48. The zero-order valence-electron chi connectivity index (χ0n) is 20.9. The van der Waals surface area contributed by atoms with Gasteiger partial charge in [0.25, 0.3) is 5.78 Å². The Morgan fingerprint density at radius 2 is 1.68 bits per heavy atom. The summed E-state index contributed by atoms with van der Waals surface area (Å²) in [5, 5.41) is 11.3. The number of aromatic amines is 1. The molecule has 1 aromatic heterocycles. The second-order valence-electron chi connectivity index (χ2n) is 8.83. The van der Waals surface area contributed by atoms with E-state index < -0.39 is 17.7 Å². The number of ketones is 1. The van der Waals surface area contributed by atoms with Gasteiger partial charge in [0.15, 0.2) is 0 Å². The maximum atomic E-state index is 13.4. The van der Waals surface area contributed by atoms with E-state index in [2.05, 4.69) is 9.97 Å². The Labute approximate surface area is 213 Å². The molecule has 1 atom stereocenters. The van der Waals surface area contributed by atoms with Crippen molar-refractivity contribution < 1.29 is 24.2 Å². The third-order valence-corrected chi connectivity index (χ3v) is 6.42. The molecule has 1 fully saturated rings. The van der Waals surface area contributed by atoms with Crippen LogP contribution in [0.1, 0.15) is 17.2 Å². The number of Topliss-reactive ketones (excluding diaryl/α,β-unsaturated/α-hetero) is 1. The van der Waals surface area contributed by atoms with E-state index in [1.54, 1.807) is 49.6 Å². The van der Waals surface area contributed by atoms with Crippen molar-refractivity contribution in [2.75, 3.05) is 38.1 Å². The number of ether oxygens (including phenoxy) is 2. The first-order chi connectivity index (χ1) is 17.8. The summed E-state index contributed by atoms with van der Waals surface area (Å²) in [6, 6.07) is 18.6. The van der Waals surface area contributed by atoms with Gasteiger partial charge in [-0.25, -0.2) is 4.98 Å². The molecular formula is C28H26N4O5. The van der Waals surface area contributed by atoms with Crippen molar-refractivity contribution in [3.63, 3.8) is 0 Å². The van der Waals surface area contributed by atoms with Gasteiger partial charge in [0, 0.05) is 31.4 Å². The van der Waals surface area contributed by atoms with Crippen LogP contribution in [-0.2, 0) is 9.59 Å². The zero-order chi connectivity index (χ0) is 26.3. The van der Waals surface area contributed by atoms with Gasteiger partial charge < -0.3 is 24.5 Å². The molecule has 0 saturated carbocycles. The highest BCUT2D eigenvalue weighted by atomic mass is 16.5. The Kier molecular flexibility index (Phi) is 6.04. The molecule has 0 aliphatic carbocycles. The number of benzene rings is 3. The molecule has 1 aliphatic rings. The summed E-state index contributed by atoms with van der Waals surface area (Å²) in [4.78, 5) is 37.8. The van der Waals surface area contributed by atoms with Gasteiger partial charge in [-0.3, -0.25) is 14.5 Å². The van der Waals surface area contributed by atoms with Crippen LogP contribution in [0.25, 0.3) is 16.8 Å². The van der Waals surface area contributed by atoms with E-state index >= 15 is 0 Å². The number of aliphatic hydroxyl groups excluding tert-OH is 1. The average Bonchev–Trinajstić information content (AvgIpc) is 3.45. The summed E-state index contributed by atoms with van der Waals surface area (Å²) in [7, 11) is 6.92. The highest BCUT2D eigenvalue weighted by molar-refractivity contribution is 6.51. The van der Waals surface area contributed by atoms with Gasteiger partial charge in [-0.1, -0.05) is 24.3 Å². The summed E-state index contributed by atoms with van der Waals surface area (Å²) >= 11 is 0. The SMILES string of the molecule is COc1cccc(/C(O)=C2\C(=O)C(=O)N(c3nc4ccc(OC)cc4[nH]3)C2c2ccc(N(C)C)cc2)c1. The zero-order valence-corrected chi connectivity index (χ0v) is 20.9. The Balaban J connectivity index is 1.71. The number of imidazole rings is 1. The van der Waals surface area contributed by atoms with E-state index in [0.717, 1.165) is 5.69 Å². The molecule has 2 N–H and O–H groups in total. The third-order valence-electron chi connectivity index (χ3n) is 6.42. The summed E-state index contributed by atoms with van der Waals surface area (Å²) in [5.41, 5.74) is 3.17. The lowest BCUT2D eigenvalue weighted by Crippen LogP contribution is -2.30. The second-order valence-corrected chi connectivity index (χ2v) is 8.83. The van der Waals surface area contributed by atoms with Crippen LogP contribution in [0.2, 0.25) is 0 Å². The number of rotatable bonds is 6. The molecule has 0 spiro atoms. The van der Waals surface area contributed by atoms with Crippen molar-refractivity contribution in [2.24, 2.45) is 0 Å². The Bertz CT molecular complexity index is 1540. The maximum Gasteiger partial charge on any atom is 0.302 e. The van der Waals surface area contributed by atoms with Gasteiger partial charge >= 0.3 is 5.91 Å². The molecule has 2 heterocycles. The predicted molar refractivity (Wildman–Crippen MR) is 141 cm³/mol. The minimum absolute atomic E-state index is 0.0334. The molecule has 9 nitrogen and oxygen atoms in total. The van der Waals surface area contributed by atoms with Crippen molar-refractivity contribution in [2.45, 2.75) is 6.04 Å². The van der Waals surface area contributed by atoms with Crippen molar-refractivity contribution >= 4 is 40.1 Å². The summed E-state index contributed by atoms with van der Waals surface area (Å²) in [5.74, 6) is -0.567. The molecular weight excluding hydrogens is 472 g/mol. The molecule has 0 radical (unpaired) electrons. The fraction of sp³-hybridized carbons (Fsp3) is 0.179. The Morgan fingerprint density at radius 1 is 0.973 bits per heavy atom. The monoisotopic (exact) mass is 498 g/mol. The van der Waals surface area contributed by atoms with Gasteiger partial charge in [0.2, 0.25) is 5.95 Å². The molecule has 0 bridgehead atoms. The van der Waals surface area contributed by atoms with Crippen molar-refractivity contribution in [3.8, 4) is 11.5 Å². The van der Waals surface area contributed by atoms with Gasteiger partial charge in [-0.2, -0.15) is 0 Å². The second kappa shape index (κ2) is 9.34.